The van der Waals surface area contributed by atoms with Gasteiger partial charge in [-0.2, -0.15) is 5.10 Å². The molecule has 1 atom stereocenters. The van der Waals surface area contributed by atoms with Crippen molar-refractivity contribution >= 4 is 5.82 Å². The summed E-state index contributed by atoms with van der Waals surface area (Å²) in [5.41, 5.74) is 1.18. The van der Waals surface area contributed by atoms with Gasteiger partial charge in [-0.15, -0.1) is 5.10 Å². The van der Waals surface area contributed by atoms with Gasteiger partial charge < -0.3 is 10.2 Å². The second-order valence-electron chi connectivity index (χ2n) is 5.19. The van der Waals surface area contributed by atoms with Crippen LogP contribution in [-0.4, -0.2) is 35.9 Å². The Balaban J connectivity index is 1.74. The molecule has 1 aliphatic heterocycles. The van der Waals surface area contributed by atoms with Gasteiger partial charge in [0.2, 0.25) is 0 Å². The molecule has 1 unspecified atom stereocenters. The van der Waals surface area contributed by atoms with Crippen molar-refractivity contribution in [3.05, 3.63) is 17.8 Å². The van der Waals surface area contributed by atoms with E-state index in [0.717, 1.165) is 25.5 Å². The molecule has 1 saturated heterocycles. The van der Waals surface area contributed by atoms with Gasteiger partial charge in [0.1, 0.15) is 0 Å². The van der Waals surface area contributed by atoms with Gasteiger partial charge in [-0.3, -0.25) is 0 Å². The molecule has 2 heterocycles. The molecule has 17 heavy (non-hydrogen) atoms. The molecule has 2 fully saturated rings. The number of nitrogens with zero attached hydrogens (tertiary/aromatic N) is 3. The topological polar surface area (TPSA) is 41.0 Å². The monoisotopic (exact) mass is 232 g/mol. The van der Waals surface area contributed by atoms with Crippen LogP contribution in [0.1, 0.15) is 37.8 Å². The Labute approximate surface area is 102 Å². The summed E-state index contributed by atoms with van der Waals surface area (Å²) in [7, 11) is 0. The fourth-order valence-corrected chi connectivity index (χ4v) is 2.59. The lowest BCUT2D eigenvalue weighted by atomic mass is 9.83. The van der Waals surface area contributed by atoms with Crippen LogP contribution in [0, 0.1) is 0 Å². The molecular formula is C13H20N4. The highest BCUT2D eigenvalue weighted by Crippen LogP contribution is 2.35. The van der Waals surface area contributed by atoms with E-state index in [1.165, 1.54) is 25.0 Å². The standard InChI is InChI=1S/C13H20N4/c1-10-9-14-7-8-17(10)13-6-5-12(15-16-13)11-3-2-4-11/h5-6,10-11,14H,2-4,7-9H2,1H3. The van der Waals surface area contributed by atoms with E-state index in [9.17, 15) is 0 Å². The third kappa shape index (κ3) is 2.14. The van der Waals surface area contributed by atoms with Crippen molar-refractivity contribution in [2.75, 3.05) is 24.5 Å². The van der Waals surface area contributed by atoms with Crippen LogP contribution in [0.3, 0.4) is 0 Å². The van der Waals surface area contributed by atoms with Crippen molar-refractivity contribution in [2.24, 2.45) is 0 Å². The third-order valence-corrected chi connectivity index (χ3v) is 3.99. The van der Waals surface area contributed by atoms with Gasteiger partial charge in [0.05, 0.1) is 5.69 Å². The molecule has 0 aromatic carbocycles. The van der Waals surface area contributed by atoms with E-state index in [1.54, 1.807) is 0 Å². The fraction of sp³-hybridized carbons (Fsp3) is 0.692. The van der Waals surface area contributed by atoms with Crippen molar-refractivity contribution in [1.29, 1.82) is 0 Å². The lowest BCUT2D eigenvalue weighted by Crippen LogP contribution is -2.50. The van der Waals surface area contributed by atoms with Crippen LogP contribution in [0.25, 0.3) is 0 Å². The Morgan fingerprint density at radius 3 is 2.76 bits per heavy atom. The average Bonchev–Trinajstić information content (AvgIpc) is 2.29. The Morgan fingerprint density at radius 2 is 2.18 bits per heavy atom. The maximum Gasteiger partial charge on any atom is 0.151 e. The average molecular weight is 232 g/mol. The Bertz CT molecular complexity index is 372. The van der Waals surface area contributed by atoms with Crippen LogP contribution in [0.2, 0.25) is 0 Å². The predicted molar refractivity (Wildman–Crippen MR) is 68.3 cm³/mol. The number of piperazine rings is 1. The molecule has 92 valence electrons. The van der Waals surface area contributed by atoms with Gasteiger partial charge in [0.25, 0.3) is 0 Å². The van der Waals surface area contributed by atoms with E-state index < -0.39 is 0 Å². The summed E-state index contributed by atoms with van der Waals surface area (Å²) in [4.78, 5) is 2.34. The van der Waals surface area contributed by atoms with Crippen LogP contribution in [0.4, 0.5) is 5.82 Å². The lowest BCUT2D eigenvalue weighted by Gasteiger charge is -2.34. The van der Waals surface area contributed by atoms with Crippen LogP contribution >= 0.6 is 0 Å². The molecule has 2 aliphatic rings. The van der Waals surface area contributed by atoms with Gasteiger partial charge in [0.15, 0.2) is 5.82 Å². The molecule has 4 heteroatoms. The summed E-state index contributed by atoms with van der Waals surface area (Å²) in [6.07, 6.45) is 3.93. The maximum absolute atomic E-state index is 4.40. The van der Waals surface area contributed by atoms with E-state index in [4.69, 9.17) is 0 Å². The van der Waals surface area contributed by atoms with Gasteiger partial charge >= 0.3 is 0 Å². The molecule has 0 bridgehead atoms. The van der Waals surface area contributed by atoms with E-state index in [0.29, 0.717) is 12.0 Å². The Morgan fingerprint density at radius 1 is 1.29 bits per heavy atom. The van der Waals surface area contributed by atoms with Gasteiger partial charge in [-0.25, -0.2) is 0 Å². The van der Waals surface area contributed by atoms with Crippen LogP contribution in [0.5, 0.6) is 0 Å². The molecule has 0 spiro atoms. The zero-order valence-corrected chi connectivity index (χ0v) is 10.4. The summed E-state index contributed by atoms with van der Waals surface area (Å²) in [5, 5.41) is 12.2. The first-order valence-corrected chi connectivity index (χ1v) is 6.65. The van der Waals surface area contributed by atoms with Crippen molar-refractivity contribution in [1.82, 2.24) is 15.5 Å². The summed E-state index contributed by atoms with van der Waals surface area (Å²) in [6, 6.07) is 4.82. The summed E-state index contributed by atoms with van der Waals surface area (Å²) in [6.45, 7) is 5.33. The molecule has 1 N–H and O–H groups in total. The molecule has 1 saturated carbocycles. The van der Waals surface area contributed by atoms with Crippen LogP contribution in [0.15, 0.2) is 12.1 Å². The zero-order chi connectivity index (χ0) is 11.7. The normalized spacial score (nSPS) is 25.7. The first kappa shape index (κ1) is 11.0. The molecule has 1 aromatic heterocycles. The number of anilines is 1. The first-order valence-electron chi connectivity index (χ1n) is 6.65. The van der Waals surface area contributed by atoms with Crippen molar-refractivity contribution < 1.29 is 0 Å². The van der Waals surface area contributed by atoms with Gasteiger partial charge in [0, 0.05) is 31.6 Å². The zero-order valence-electron chi connectivity index (χ0n) is 10.4. The quantitative estimate of drug-likeness (QED) is 0.840. The van der Waals surface area contributed by atoms with Crippen molar-refractivity contribution in [3.8, 4) is 0 Å². The minimum absolute atomic E-state index is 0.507. The van der Waals surface area contributed by atoms with Crippen LogP contribution < -0.4 is 10.2 Å². The molecular weight excluding hydrogens is 212 g/mol. The molecule has 4 nitrogen and oxygen atoms in total. The minimum Gasteiger partial charge on any atom is -0.350 e. The van der Waals surface area contributed by atoms with Gasteiger partial charge in [-0.1, -0.05) is 6.42 Å². The summed E-state index contributed by atoms with van der Waals surface area (Å²) < 4.78 is 0. The number of rotatable bonds is 2. The molecule has 3 rings (SSSR count). The van der Waals surface area contributed by atoms with E-state index >= 15 is 0 Å². The highest BCUT2D eigenvalue weighted by atomic mass is 15.3. The number of hydrogen-bond donors (Lipinski definition) is 1. The Hall–Kier alpha value is -1.16. The maximum atomic E-state index is 4.40. The SMILES string of the molecule is CC1CNCCN1c1ccc(C2CCC2)nn1. The molecule has 0 amide bonds. The second-order valence-corrected chi connectivity index (χ2v) is 5.19. The first-order chi connectivity index (χ1) is 8.34. The van der Waals surface area contributed by atoms with Crippen LogP contribution in [-0.2, 0) is 0 Å². The van der Waals surface area contributed by atoms with E-state index in [2.05, 4.69) is 39.5 Å². The van der Waals surface area contributed by atoms with Crippen molar-refractivity contribution in [3.63, 3.8) is 0 Å². The third-order valence-electron chi connectivity index (χ3n) is 3.99. The molecule has 1 aromatic rings. The largest absolute Gasteiger partial charge is 0.350 e. The number of aromatic nitrogens is 2. The van der Waals surface area contributed by atoms with E-state index in [-0.39, 0.29) is 0 Å². The minimum atomic E-state index is 0.507. The molecule has 0 radical (unpaired) electrons. The Kier molecular flexibility index (Phi) is 2.97. The second kappa shape index (κ2) is 4.61. The predicted octanol–water partition coefficient (Wildman–Crippen LogP) is 1.54. The smallest absolute Gasteiger partial charge is 0.151 e. The number of nitrogens with one attached hydrogen (secondary N) is 1. The summed E-state index contributed by atoms with van der Waals surface area (Å²) in [5.74, 6) is 1.71. The number of hydrogen-bond acceptors (Lipinski definition) is 4. The highest BCUT2D eigenvalue weighted by Gasteiger charge is 2.23. The lowest BCUT2D eigenvalue weighted by molar-refractivity contribution is 0.407. The van der Waals surface area contributed by atoms with Crippen molar-refractivity contribution in [2.45, 2.75) is 38.1 Å². The molecule has 1 aliphatic carbocycles. The van der Waals surface area contributed by atoms with E-state index in [1.807, 2.05) is 0 Å². The summed E-state index contributed by atoms with van der Waals surface area (Å²) >= 11 is 0. The highest BCUT2D eigenvalue weighted by molar-refractivity contribution is 5.39. The fourth-order valence-electron chi connectivity index (χ4n) is 2.59. The van der Waals surface area contributed by atoms with Gasteiger partial charge in [-0.05, 0) is 31.9 Å².